The van der Waals surface area contributed by atoms with Crippen LogP contribution in [0.4, 0.5) is 0 Å². The van der Waals surface area contributed by atoms with Crippen LogP contribution >= 0.6 is 10.7 Å². The van der Waals surface area contributed by atoms with Crippen LogP contribution in [-0.2, 0) is 9.05 Å². The lowest BCUT2D eigenvalue weighted by Crippen LogP contribution is -2.19. The number of amides is 2. The molecule has 2 amide bonds. The third kappa shape index (κ3) is 3.83. The summed E-state index contributed by atoms with van der Waals surface area (Å²) in [5.41, 5.74) is 0.940. The molecular weight excluding hydrogens is 266 g/mol. The van der Waals surface area contributed by atoms with E-state index in [1.54, 1.807) is 24.3 Å². The molecule has 0 radical (unpaired) electrons. The van der Waals surface area contributed by atoms with Crippen LogP contribution in [0.1, 0.15) is 27.6 Å². The summed E-state index contributed by atoms with van der Waals surface area (Å²) in [5.74, 6) is -0.592. The largest absolute Gasteiger partial charge is 0.288 e. The van der Waals surface area contributed by atoms with Gasteiger partial charge in [-0.05, 0) is 12.1 Å². The lowest BCUT2D eigenvalue weighted by atomic mass is 10.1. The van der Waals surface area contributed by atoms with Crippen molar-refractivity contribution in [3.63, 3.8) is 0 Å². The molecule has 0 unspecified atom stereocenters. The van der Waals surface area contributed by atoms with Gasteiger partial charge < -0.3 is 0 Å². The van der Waals surface area contributed by atoms with Crippen molar-refractivity contribution in [2.24, 2.45) is 0 Å². The van der Waals surface area contributed by atoms with Gasteiger partial charge in [0.1, 0.15) is 0 Å². The van der Waals surface area contributed by atoms with Gasteiger partial charge in [0.2, 0.25) is 9.05 Å². The Morgan fingerprint density at radius 2 is 1.47 bits per heavy atom. The van der Waals surface area contributed by atoms with Gasteiger partial charge >= 0.3 is 0 Å². The van der Waals surface area contributed by atoms with Crippen LogP contribution in [0.25, 0.3) is 0 Å². The van der Waals surface area contributed by atoms with Gasteiger partial charge in [-0.15, -0.1) is 0 Å². The number of benzene rings is 1. The molecule has 0 saturated heterocycles. The molecule has 0 bridgehead atoms. The Labute approximate surface area is 103 Å². The highest BCUT2D eigenvalue weighted by molar-refractivity contribution is 8.13. The van der Waals surface area contributed by atoms with Crippen molar-refractivity contribution in [2.45, 2.75) is 6.92 Å². The first-order chi connectivity index (χ1) is 7.85. The molecule has 0 aromatic heterocycles. The minimum Gasteiger partial charge on any atom is -0.288 e. The predicted molar refractivity (Wildman–Crippen MR) is 63.6 cm³/mol. The zero-order chi connectivity index (χ0) is 13.1. The van der Waals surface area contributed by atoms with Crippen molar-refractivity contribution in [1.29, 1.82) is 0 Å². The summed E-state index contributed by atoms with van der Waals surface area (Å²) in [6, 6.07) is 6.74. The molecule has 7 heteroatoms. The molecule has 1 aromatic carbocycles. The van der Waals surface area contributed by atoms with Crippen molar-refractivity contribution in [3.05, 3.63) is 35.4 Å². The Morgan fingerprint density at radius 1 is 1.12 bits per heavy atom. The van der Waals surface area contributed by atoms with Crippen LogP contribution in [0.5, 0.6) is 0 Å². The van der Waals surface area contributed by atoms with Crippen LogP contribution in [0.3, 0.4) is 0 Å². The molecule has 2 rings (SSSR count). The molecule has 92 valence electrons. The summed E-state index contributed by atoms with van der Waals surface area (Å²) >= 11 is 0. The Morgan fingerprint density at radius 3 is 1.76 bits per heavy atom. The van der Waals surface area contributed by atoms with E-state index in [4.69, 9.17) is 0 Å². The van der Waals surface area contributed by atoms with E-state index < -0.39 is 9.05 Å². The highest BCUT2D eigenvalue weighted by Gasteiger charge is 2.25. The van der Waals surface area contributed by atoms with Gasteiger partial charge in [0.05, 0.1) is 16.9 Å². The van der Waals surface area contributed by atoms with Crippen LogP contribution < -0.4 is 5.32 Å². The Bertz CT molecular complexity index is 520. The number of carbonyl (C=O) groups is 2. The van der Waals surface area contributed by atoms with Crippen LogP contribution in [0, 0.1) is 0 Å². The number of hydrogen-bond donors (Lipinski definition) is 1. The van der Waals surface area contributed by atoms with Gasteiger partial charge in [0.25, 0.3) is 11.8 Å². The van der Waals surface area contributed by atoms with Crippen LogP contribution in [-0.4, -0.2) is 26.0 Å². The SMILES string of the molecule is CCS(=O)(=O)Cl.O=C1NC(=O)c2ccccc21. The fourth-order valence-electron chi connectivity index (χ4n) is 1.12. The lowest BCUT2D eigenvalue weighted by molar-refractivity contribution is 0.0879. The minimum atomic E-state index is -3.19. The highest BCUT2D eigenvalue weighted by Crippen LogP contribution is 2.13. The van der Waals surface area contributed by atoms with E-state index in [0.29, 0.717) is 11.1 Å². The van der Waals surface area contributed by atoms with E-state index in [-0.39, 0.29) is 17.6 Å². The molecule has 17 heavy (non-hydrogen) atoms. The van der Waals surface area contributed by atoms with E-state index in [2.05, 4.69) is 16.0 Å². The smallest absolute Gasteiger partial charge is 0.258 e. The Kier molecular flexibility index (Phi) is 4.25. The minimum absolute atomic E-state index is 0.00849. The van der Waals surface area contributed by atoms with Gasteiger partial charge in [-0.3, -0.25) is 14.9 Å². The van der Waals surface area contributed by atoms with Crippen molar-refractivity contribution in [1.82, 2.24) is 5.32 Å². The molecule has 0 spiro atoms. The maximum atomic E-state index is 10.9. The second-order valence-corrected chi connectivity index (χ2v) is 6.22. The molecule has 0 aliphatic carbocycles. The number of carbonyl (C=O) groups excluding carboxylic acids is 2. The Hall–Kier alpha value is -1.40. The average molecular weight is 276 g/mol. The molecule has 1 aliphatic heterocycles. The van der Waals surface area contributed by atoms with Crippen molar-refractivity contribution < 1.29 is 18.0 Å². The standard InChI is InChI=1S/C8H5NO2.C2H5ClO2S/c10-7-5-3-1-2-4-6(5)8(11)9-7;1-2-6(3,4)5/h1-4H,(H,9,10,11);2H2,1H3. The second-order valence-electron chi connectivity index (χ2n) is 3.16. The number of imide groups is 1. The fourth-order valence-corrected chi connectivity index (χ4v) is 1.12. The predicted octanol–water partition coefficient (Wildman–Crippen LogP) is 1.15. The van der Waals surface area contributed by atoms with Crippen molar-refractivity contribution in [2.75, 3.05) is 5.75 Å². The average Bonchev–Trinajstić information content (AvgIpc) is 2.56. The third-order valence-electron chi connectivity index (χ3n) is 1.99. The van der Waals surface area contributed by atoms with Gasteiger partial charge in [-0.1, -0.05) is 19.1 Å². The third-order valence-corrected chi connectivity index (χ3v) is 3.33. The second kappa shape index (κ2) is 5.29. The number of halogens is 1. The summed E-state index contributed by atoms with van der Waals surface area (Å²) in [6.07, 6.45) is 0. The first-order valence-corrected chi connectivity index (χ1v) is 7.20. The Balaban J connectivity index is 0.000000209. The van der Waals surface area contributed by atoms with Crippen molar-refractivity contribution in [3.8, 4) is 0 Å². The van der Waals surface area contributed by atoms with E-state index in [1.165, 1.54) is 6.92 Å². The summed E-state index contributed by atoms with van der Waals surface area (Å²) < 4.78 is 19.5. The number of rotatable bonds is 1. The quantitative estimate of drug-likeness (QED) is 0.616. The van der Waals surface area contributed by atoms with E-state index in [9.17, 15) is 18.0 Å². The molecule has 1 heterocycles. The van der Waals surface area contributed by atoms with E-state index in [1.807, 2.05) is 0 Å². The maximum Gasteiger partial charge on any atom is 0.258 e. The first-order valence-electron chi connectivity index (χ1n) is 4.72. The van der Waals surface area contributed by atoms with Gasteiger partial charge in [-0.25, -0.2) is 8.42 Å². The first kappa shape index (κ1) is 13.7. The summed E-state index contributed by atoms with van der Waals surface area (Å²) in [5, 5.41) is 2.20. The van der Waals surface area contributed by atoms with Crippen LogP contribution in [0.2, 0.25) is 0 Å². The molecule has 1 aromatic rings. The van der Waals surface area contributed by atoms with Gasteiger partial charge in [0, 0.05) is 10.7 Å². The van der Waals surface area contributed by atoms with E-state index >= 15 is 0 Å². The van der Waals surface area contributed by atoms with Gasteiger partial charge in [0.15, 0.2) is 0 Å². The summed E-state index contributed by atoms with van der Waals surface area (Å²) in [6.45, 7) is 1.49. The zero-order valence-electron chi connectivity index (χ0n) is 8.94. The molecule has 5 nitrogen and oxygen atoms in total. The summed E-state index contributed by atoms with van der Waals surface area (Å²) in [4.78, 5) is 21.9. The molecule has 0 fully saturated rings. The fraction of sp³-hybridized carbons (Fsp3) is 0.200. The van der Waals surface area contributed by atoms with Crippen LogP contribution in [0.15, 0.2) is 24.3 Å². The molecule has 1 aliphatic rings. The number of nitrogens with one attached hydrogen (secondary N) is 1. The molecule has 0 saturated carbocycles. The highest BCUT2D eigenvalue weighted by atomic mass is 35.7. The topological polar surface area (TPSA) is 80.3 Å². The molecule has 0 atom stereocenters. The summed E-state index contributed by atoms with van der Waals surface area (Å²) in [7, 11) is 1.50. The zero-order valence-corrected chi connectivity index (χ0v) is 10.5. The maximum absolute atomic E-state index is 10.9. The van der Waals surface area contributed by atoms with E-state index in [0.717, 1.165) is 0 Å². The normalized spacial score (nSPS) is 13.5. The lowest BCUT2D eigenvalue weighted by Gasteiger charge is -1.88. The van der Waals surface area contributed by atoms with Crippen molar-refractivity contribution >= 4 is 31.5 Å². The monoisotopic (exact) mass is 275 g/mol. The number of hydrogen-bond acceptors (Lipinski definition) is 4. The molecule has 1 N–H and O–H groups in total. The number of fused-ring (bicyclic) bond motifs is 1. The molecular formula is C10H10ClNO4S. The van der Waals surface area contributed by atoms with Gasteiger partial charge in [-0.2, -0.15) is 0 Å².